The fourth-order valence-electron chi connectivity index (χ4n) is 3.50. The summed E-state index contributed by atoms with van der Waals surface area (Å²) in [7, 11) is -2.32. The van der Waals surface area contributed by atoms with E-state index in [4.69, 9.17) is 15.2 Å². The van der Waals surface area contributed by atoms with Gasteiger partial charge in [-0.2, -0.15) is 13.5 Å². The van der Waals surface area contributed by atoms with Crippen LogP contribution >= 0.6 is 0 Å². The van der Waals surface area contributed by atoms with Gasteiger partial charge in [-0.1, -0.05) is 42.5 Å². The molecule has 178 valence electrons. The number of methoxy groups -OCH3 is 1. The maximum atomic E-state index is 12.7. The lowest BCUT2D eigenvalue weighted by molar-refractivity contribution is 0.0996. The highest BCUT2D eigenvalue weighted by molar-refractivity contribution is 7.89. The Bertz CT molecular complexity index is 1520. The summed E-state index contributed by atoms with van der Waals surface area (Å²) in [6, 6.07) is 24.3. The van der Waals surface area contributed by atoms with E-state index < -0.39 is 15.9 Å². The number of hydrogen-bond acceptors (Lipinski definition) is 6. The predicted molar refractivity (Wildman–Crippen MR) is 134 cm³/mol. The van der Waals surface area contributed by atoms with Gasteiger partial charge in [0.25, 0.3) is 15.9 Å². The van der Waals surface area contributed by atoms with Crippen molar-refractivity contribution in [2.45, 2.75) is 11.5 Å². The van der Waals surface area contributed by atoms with Crippen LogP contribution in [-0.4, -0.2) is 27.6 Å². The Balaban J connectivity index is 1.49. The highest BCUT2D eigenvalue weighted by Gasteiger charge is 2.14. The number of ether oxygens (including phenoxy) is 2. The van der Waals surface area contributed by atoms with E-state index in [9.17, 15) is 13.2 Å². The summed E-state index contributed by atoms with van der Waals surface area (Å²) in [6.45, 7) is 0.0952. The predicted octanol–water partition coefficient (Wildman–Crippen LogP) is 3.84. The number of sulfonamides is 1. The molecule has 0 heterocycles. The molecule has 4 rings (SSSR count). The summed E-state index contributed by atoms with van der Waals surface area (Å²) >= 11 is 0. The summed E-state index contributed by atoms with van der Waals surface area (Å²) in [5.74, 6) is 0.326. The summed E-state index contributed by atoms with van der Waals surface area (Å²) in [5, 5.41) is 5.68. The summed E-state index contributed by atoms with van der Waals surface area (Å²) in [4.78, 5) is 14.0. The van der Waals surface area contributed by atoms with Gasteiger partial charge in [-0.05, 0) is 58.8 Å². The maximum absolute atomic E-state index is 12.7. The van der Waals surface area contributed by atoms with Gasteiger partial charge in [-0.15, -0.1) is 0 Å². The van der Waals surface area contributed by atoms with Crippen LogP contribution in [0.1, 0.15) is 21.5 Å². The second-order valence-corrected chi connectivity index (χ2v) is 9.24. The van der Waals surface area contributed by atoms with Crippen molar-refractivity contribution in [3.05, 3.63) is 102 Å². The smallest absolute Gasteiger partial charge is 0.276 e. The molecule has 4 aromatic rings. The summed E-state index contributed by atoms with van der Waals surface area (Å²) in [6.07, 6.45) is 1.39. The average Bonchev–Trinajstić information content (AvgIpc) is 2.87. The van der Waals surface area contributed by atoms with Gasteiger partial charge in [-0.3, -0.25) is 4.79 Å². The van der Waals surface area contributed by atoms with Gasteiger partial charge in [0.15, 0.2) is 0 Å². The molecule has 4 aromatic carbocycles. The highest BCUT2D eigenvalue weighted by Crippen LogP contribution is 2.24. The van der Waals surface area contributed by atoms with E-state index in [2.05, 4.69) is 9.93 Å². The van der Waals surface area contributed by atoms with Gasteiger partial charge in [0, 0.05) is 5.56 Å². The first-order valence-electron chi connectivity index (χ1n) is 10.6. The number of carbonyl (C=O) groups is 1. The molecule has 8 nitrogen and oxygen atoms in total. The van der Waals surface area contributed by atoms with Gasteiger partial charge in [0.05, 0.1) is 23.8 Å². The van der Waals surface area contributed by atoms with E-state index in [-0.39, 0.29) is 17.1 Å². The molecule has 0 unspecified atom stereocenters. The van der Waals surface area contributed by atoms with Crippen LogP contribution in [0.5, 0.6) is 11.5 Å². The van der Waals surface area contributed by atoms with Crippen molar-refractivity contribution in [2.24, 2.45) is 10.8 Å². The molecule has 0 atom stereocenters. The number of hydrazone groups is 1. The van der Waals surface area contributed by atoms with Crippen molar-refractivity contribution in [1.29, 1.82) is 0 Å². The Labute approximate surface area is 203 Å². The normalized spacial score (nSPS) is 11.5. The number of nitrogens with one attached hydrogen (secondary N) is 1. The quantitative estimate of drug-likeness (QED) is 0.273. The van der Waals surface area contributed by atoms with Crippen LogP contribution in [0.15, 0.2) is 94.9 Å². The van der Waals surface area contributed by atoms with Crippen molar-refractivity contribution in [3.63, 3.8) is 0 Å². The number of rotatable bonds is 9. The molecular formula is C26H23N3O5S. The summed E-state index contributed by atoms with van der Waals surface area (Å²) in [5.41, 5.74) is 6.97. The van der Waals surface area contributed by atoms with E-state index in [0.29, 0.717) is 22.6 Å². The lowest BCUT2D eigenvalue weighted by Crippen LogP contribution is -2.18. The van der Waals surface area contributed by atoms with Crippen molar-refractivity contribution in [1.82, 2.24) is 4.83 Å². The number of nitrogens with two attached hydrogens (primary N) is 1. The van der Waals surface area contributed by atoms with Crippen molar-refractivity contribution >= 4 is 32.9 Å². The SMILES string of the molecule is COc1ccc(/C=N\NS(=O)(=O)c2ccc3ccccc3c2)cc1COc1ccccc1C(N)=O. The Kier molecular flexibility index (Phi) is 6.98. The Morgan fingerprint density at radius 2 is 1.69 bits per heavy atom. The minimum atomic E-state index is -3.85. The molecule has 0 fully saturated rings. The van der Waals surface area contributed by atoms with Crippen LogP contribution in [0, 0.1) is 0 Å². The third-order valence-corrected chi connectivity index (χ3v) is 6.48. The molecule has 9 heteroatoms. The Hall–Kier alpha value is -4.37. The first-order chi connectivity index (χ1) is 16.9. The van der Waals surface area contributed by atoms with E-state index in [1.54, 1.807) is 54.6 Å². The van der Waals surface area contributed by atoms with Crippen LogP contribution in [-0.2, 0) is 16.6 Å². The number of hydrogen-bond donors (Lipinski definition) is 2. The second kappa shape index (κ2) is 10.3. The van der Waals surface area contributed by atoms with Crippen LogP contribution in [0.3, 0.4) is 0 Å². The molecule has 0 bridgehead atoms. The fourth-order valence-corrected chi connectivity index (χ4v) is 4.33. The molecule has 0 aliphatic heterocycles. The standard InChI is InChI=1S/C26H23N3O5S/c1-33-24-13-10-18(14-21(24)17-34-25-9-5-4-8-23(25)26(27)30)16-28-29-35(31,32)22-12-11-19-6-2-3-7-20(19)15-22/h2-16,29H,17H2,1H3,(H2,27,30)/b28-16-. The lowest BCUT2D eigenvalue weighted by atomic mass is 10.1. The van der Waals surface area contributed by atoms with Gasteiger partial charge in [0.1, 0.15) is 18.1 Å². The first-order valence-corrected chi connectivity index (χ1v) is 12.1. The van der Waals surface area contributed by atoms with Gasteiger partial charge >= 0.3 is 0 Å². The number of amides is 1. The third kappa shape index (κ3) is 5.59. The maximum Gasteiger partial charge on any atom is 0.276 e. The zero-order valence-electron chi connectivity index (χ0n) is 18.8. The number of fused-ring (bicyclic) bond motifs is 1. The van der Waals surface area contributed by atoms with E-state index in [1.807, 2.05) is 24.3 Å². The lowest BCUT2D eigenvalue weighted by Gasteiger charge is -2.13. The van der Waals surface area contributed by atoms with Gasteiger partial charge in [-0.25, -0.2) is 4.83 Å². The molecule has 0 saturated heterocycles. The number of carbonyl (C=O) groups excluding carboxylic acids is 1. The van der Waals surface area contributed by atoms with Crippen molar-refractivity contribution in [2.75, 3.05) is 7.11 Å². The Morgan fingerprint density at radius 3 is 2.46 bits per heavy atom. The molecule has 35 heavy (non-hydrogen) atoms. The molecule has 0 aliphatic carbocycles. The van der Waals surface area contributed by atoms with Crippen molar-refractivity contribution in [3.8, 4) is 11.5 Å². The van der Waals surface area contributed by atoms with E-state index in [0.717, 1.165) is 10.8 Å². The molecule has 0 radical (unpaired) electrons. The summed E-state index contributed by atoms with van der Waals surface area (Å²) < 4.78 is 36.5. The zero-order chi connectivity index (χ0) is 24.8. The fraction of sp³-hybridized carbons (Fsp3) is 0.0769. The largest absolute Gasteiger partial charge is 0.496 e. The number of nitrogens with zero attached hydrogens (tertiary/aromatic N) is 1. The number of primary amides is 1. The Morgan fingerprint density at radius 1 is 0.943 bits per heavy atom. The number of para-hydroxylation sites is 1. The topological polar surface area (TPSA) is 120 Å². The molecule has 0 aromatic heterocycles. The van der Waals surface area contributed by atoms with E-state index in [1.165, 1.54) is 19.4 Å². The van der Waals surface area contributed by atoms with E-state index >= 15 is 0 Å². The molecule has 3 N–H and O–H groups in total. The molecule has 0 aliphatic rings. The second-order valence-electron chi connectivity index (χ2n) is 7.58. The van der Waals surface area contributed by atoms with Gasteiger partial charge in [0.2, 0.25) is 0 Å². The number of benzene rings is 4. The minimum Gasteiger partial charge on any atom is -0.496 e. The first kappa shape index (κ1) is 23.8. The monoisotopic (exact) mass is 489 g/mol. The van der Waals surface area contributed by atoms with Crippen molar-refractivity contribution < 1.29 is 22.7 Å². The van der Waals surface area contributed by atoms with Crippen LogP contribution in [0.2, 0.25) is 0 Å². The van der Waals surface area contributed by atoms with Crippen LogP contribution in [0.25, 0.3) is 10.8 Å². The van der Waals surface area contributed by atoms with Crippen LogP contribution < -0.4 is 20.0 Å². The zero-order valence-corrected chi connectivity index (χ0v) is 19.7. The molecule has 1 amide bonds. The minimum absolute atomic E-state index is 0.0952. The molecule has 0 spiro atoms. The average molecular weight is 490 g/mol. The molecular weight excluding hydrogens is 466 g/mol. The third-order valence-electron chi connectivity index (χ3n) is 5.26. The van der Waals surface area contributed by atoms with Gasteiger partial charge < -0.3 is 15.2 Å². The highest BCUT2D eigenvalue weighted by atomic mass is 32.2. The molecule has 0 saturated carbocycles. The van der Waals surface area contributed by atoms with Crippen LogP contribution in [0.4, 0.5) is 0 Å².